The third-order valence-electron chi connectivity index (χ3n) is 7.11. The second-order valence-electron chi connectivity index (χ2n) is 10.1. The largest absolute Gasteiger partial charge is 0.346 e. The van der Waals surface area contributed by atoms with Crippen molar-refractivity contribution in [2.24, 2.45) is 5.92 Å². The summed E-state index contributed by atoms with van der Waals surface area (Å²) in [6.45, 7) is 2.36. The lowest BCUT2D eigenvalue weighted by atomic mass is 9.65. The molecule has 192 valence electrons. The van der Waals surface area contributed by atoms with E-state index in [9.17, 15) is 0 Å². The highest BCUT2D eigenvalue weighted by Gasteiger charge is 2.12. The maximum atomic E-state index is 4.78. The Kier molecular flexibility index (Phi) is 9.22. The van der Waals surface area contributed by atoms with E-state index >= 15 is 0 Å². The summed E-state index contributed by atoms with van der Waals surface area (Å²) in [5, 5.41) is 0. The molecule has 1 unspecified atom stereocenters. The first-order chi connectivity index (χ1) is 19.3. The summed E-state index contributed by atoms with van der Waals surface area (Å²) in [7, 11) is 0.497. The van der Waals surface area contributed by atoms with Crippen molar-refractivity contribution < 1.29 is 0 Å². The lowest BCUT2D eigenvalue weighted by Crippen LogP contribution is -2.29. The summed E-state index contributed by atoms with van der Waals surface area (Å²) in [6.07, 6.45) is 10.00. The first-order valence-corrected chi connectivity index (χ1v) is 15.9. The maximum absolute atomic E-state index is 4.78. The van der Waals surface area contributed by atoms with Gasteiger partial charge in [-0.3, -0.25) is 4.98 Å². The highest BCUT2D eigenvalue weighted by Crippen LogP contribution is 2.26. The Bertz CT molecular complexity index is 1450. The summed E-state index contributed by atoms with van der Waals surface area (Å²) in [5.41, 5.74) is 8.81. The second-order valence-corrected chi connectivity index (χ2v) is 11.8. The predicted molar refractivity (Wildman–Crippen MR) is 172 cm³/mol. The Morgan fingerprint density at radius 2 is 1.31 bits per heavy atom. The average Bonchev–Trinajstić information content (AvgIpc) is 3.44. The molecule has 1 aromatic heterocycles. The summed E-state index contributed by atoms with van der Waals surface area (Å²) in [5.74, 6) is 0.525. The molecule has 0 radical (unpaired) electrons. The van der Waals surface area contributed by atoms with Crippen LogP contribution in [0.5, 0.6) is 0 Å². The van der Waals surface area contributed by atoms with Gasteiger partial charge in [0.25, 0.3) is 0 Å². The number of hydrogen-bond donors (Lipinski definition) is 0. The molecule has 0 spiro atoms. The van der Waals surface area contributed by atoms with E-state index in [1.54, 1.807) is 0 Å². The van der Waals surface area contributed by atoms with Crippen LogP contribution in [0.25, 0.3) is 17.1 Å². The van der Waals surface area contributed by atoms with Crippen LogP contribution in [-0.4, -0.2) is 26.4 Å². The molecule has 0 aliphatic carbocycles. The number of rotatable bonds is 11. The zero-order chi connectivity index (χ0) is 26.7. The van der Waals surface area contributed by atoms with Crippen molar-refractivity contribution in [2.75, 3.05) is 0 Å². The van der Waals surface area contributed by atoms with E-state index in [4.69, 9.17) is 4.98 Å². The van der Waals surface area contributed by atoms with Crippen molar-refractivity contribution in [3.63, 3.8) is 0 Å². The van der Waals surface area contributed by atoms with Gasteiger partial charge in [-0.1, -0.05) is 152 Å². The standard InChI is InChI=1S/C35H35BN2Si/c1-28(24-33(30-16-8-3-9-17-30)31-18-10-4-11-19-31)26-39-27-38-23-22-37-35(38)36-34(32-20-12-5-13-21-32)25-29-14-6-2-7-15-29/h2-25,28,36H,26-27,39H2,1H3. The van der Waals surface area contributed by atoms with Gasteiger partial charge >= 0.3 is 0 Å². The van der Waals surface area contributed by atoms with Gasteiger partial charge in [-0.05, 0) is 33.7 Å². The molecular weight excluding hydrogens is 487 g/mol. The third kappa shape index (κ3) is 7.46. The van der Waals surface area contributed by atoms with Crippen LogP contribution < -0.4 is 5.72 Å². The maximum Gasteiger partial charge on any atom is 0.239 e. The van der Waals surface area contributed by atoms with Gasteiger partial charge in [0.1, 0.15) is 0 Å². The van der Waals surface area contributed by atoms with E-state index < -0.39 is 0 Å². The first-order valence-electron chi connectivity index (χ1n) is 13.9. The smallest absolute Gasteiger partial charge is 0.239 e. The number of allylic oxidation sites excluding steroid dienone is 1. The monoisotopic (exact) mass is 522 g/mol. The SMILES string of the molecule is CC(C=C(c1ccccc1)c1ccccc1)C[SiH2]Cn1ccnc1BC(=Cc1ccccc1)c1ccccc1. The lowest BCUT2D eigenvalue weighted by molar-refractivity contribution is 0.806. The van der Waals surface area contributed by atoms with E-state index in [0.29, 0.717) is 5.92 Å². The third-order valence-corrected chi connectivity index (χ3v) is 9.23. The van der Waals surface area contributed by atoms with Crippen LogP contribution in [0.1, 0.15) is 29.2 Å². The molecule has 5 rings (SSSR count). The van der Waals surface area contributed by atoms with Crippen LogP contribution in [0, 0.1) is 5.92 Å². The van der Waals surface area contributed by atoms with Gasteiger partial charge in [-0.25, -0.2) is 0 Å². The number of benzene rings is 4. The normalized spacial score (nSPS) is 12.4. The molecule has 4 aromatic carbocycles. The molecule has 39 heavy (non-hydrogen) atoms. The number of imidazole rings is 1. The topological polar surface area (TPSA) is 17.8 Å². The lowest BCUT2D eigenvalue weighted by Gasteiger charge is -2.14. The van der Waals surface area contributed by atoms with E-state index in [1.165, 1.54) is 39.3 Å². The number of hydrogen-bond acceptors (Lipinski definition) is 1. The highest BCUT2D eigenvalue weighted by molar-refractivity contribution is 6.73. The van der Waals surface area contributed by atoms with E-state index in [-0.39, 0.29) is 9.52 Å². The van der Waals surface area contributed by atoms with Gasteiger partial charge in [0.15, 0.2) is 0 Å². The molecule has 0 saturated heterocycles. The molecule has 0 saturated carbocycles. The Labute approximate surface area is 235 Å². The van der Waals surface area contributed by atoms with Gasteiger partial charge < -0.3 is 4.57 Å². The minimum absolute atomic E-state index is 0.324. The second kappa shape index (κ2) is 13.6. The fourth-order valence-corrected chi connectivity index (χ4v) is 6.81. The van der Waals surface area contributed by atoms with Crippen molar-refractivity contribution in [3.8, 4) is 0 Å². The Balaban J connectivity index is 1.28. The van der Waals surface area contributed by atoms with Crippen LogP contribution in [0.3, 0.4) is 0 Å². The molecule has 0 aliphatic rings. The summed E-state index contributed by atoms with van der Waals surface area (Å²) in [4.78, 5) is 4.78. The van der Waals surface area contributed by atoms with Crippen molar-refractivity contribution >= 4 is 39.6 Å². The molecule has 0 fully saturated rings. The zero-order valence-corrected chi connectivity index (χ0v) is 24.1. The van der Waals surface area contributed by atoms with Crippen LogP contribution in [0.15, 0.2) is 140 Å². The Morgan fingerprint density at radius 1 is 0.769 bits per heavy atom. The molecular formula is C35H35BN2Si. The van der Waals surface area contributed by atoms with Crippen molar-refractivity contribution in [1.29, 1.82) is 0 Å². The van der Waals surface area contributed by atoms with Crippen LogP contribution in [0.2, 0.25) is 6.04 Å². The molecule has 2 nitrogen and oxygen atoms in total. The minimum Gasteiger partial charge on any atom is -0.346 e. The number of nitrogens with zero attached hydrogens (tertiary/aromatic N) is 2. The molecule has 0 N–H and O–H groups in total. The van der Waals surface area contributed by atoms with Gasteiger partial charge in [-0.15, -0.1) is 0 Å². The predicted octanol–water partition coefficient (Wildman–Crippen LogP) is 6.46. The number of aromatic nitrogens is 2. The summed E-state index contributed by atoms with van der Waals surface area (Å²) >= 11 is 0. The fourth-order valence-electron chi connectivity index (χ4n) is 5.07. The molecule has 1 atom stereocenters. The quantitative estimate of drug-likeness (QED) is 0.144. The van der Waals surface area contributed by atoms with Crippen LogP contribution >= 0.6 is 0 Å². The van der Waals surface area contributed by atoms with Gasteiger partial charge in [0.05, 0.1) is 5.72 Å². The molecule has 0 bridgehead atoms. The van der Waals surface area contributed by atoms with Crippen molar-refractivity contribution in [2.45, 2.75) is 19.1 Å². The molecule has 0 amide bonds. The Morgan fingerprint density at radius 3 is 1.90 bits per heavy atom. The van der Waals surface area contributed by atoms with Crippen molar-refractivity contribution in [3.05, 3.63) is 162 Å². The molecule has 4 heteroatoms. The highest BCUT2D eigenvalue weighted by atomic mass is 28.2. The van der Waals surface area contributed by atoms with Gasteiger partial charge in [0, 0.05) is 28.1 Å². The van der Waals surface area contributed by atoms with Crippen LogP contribution in [-0.2, 0) is 6.17 Å². The zero-order valence-electron chi connectivity index (χ0n) is 22.7. The minimum atomic E-state index is -0.324. The van der Waals surface area contributed by atoms with Gasteiger partial charge in [-0.2, -0.15) is 0 Å². The Hall–Kier alpha value is -4.15. The molecule has 1 heterocycles. The first kappa shape index (κ1) is 26.5. The van der Waals surface area contributed by atoms with Crippen LogP contribution in [0.4, 0.5) is 0 Å². The summed E-state index contributed by atoms with van der Waals surface area (Å²) in [6, 6.07) is 44.1. The van der Waals surface area contributed by atoms with E-state index in [1.807, 2.05) is 6.20 Å². The average molecular weight is 523 g/mol. The molecule has 5 aromatic rings. The molecule has 0 aliphatic heterocycles. The fraction of sp³-hybridized carbons (Fsp3) is 0.114. The summed E-state index contributed by atoms with van der Waals surface area (Å²) < 4.78 is 2.39. The van der Waals surface area contributed by atoms with Gasteiger partial charge in [0.2, 0.25) is 7.28 Å². The van der Waals surface area contributed by atoms with Crippen molar-refractivity contribution in [1.82, 2.24) is 9.55 Å². The van der Waals surface area contributed by atoms with E-state index in [2.05, 4.69) is 151 Å². The van der Waals surface area contributed by atoms with E-state index in [0.717, 1.165) is 19.2 Å².